The number of imide groups is 1. The van der Waals surface area contributed by atoms with Crippen molar-refractivity contribution >= 4 is 34.2 Å². The molecule has 0 aromatic carbocycles. The third kappa shape index (κ3) is 1.86. The van der Waals surface area contributed by atoms with Gasteiger partial charge in [0.05, 0.1) is 11.8 Å². The lowest BCUT2D eigenvalue weighted by molar-refractivity contribution is -0.142. The topological polar surface area (TPSA) is 92.3 Å². The number of carbonyl (C=O) groups excluding carboxylic acids is 3. The fourth-order valence-electron chi connectivity index (χ4n) is 4.82. The van der Waals surface area contributed by atoms with Crippen LogP contribution in [-0.2, 0) is 14.4 Å². The Morgan fingerprint density at radius 2 is 1.83 bits per heavy atom. The van der Waals surface area contributed by atoms with Gasteiger partial charge in [0.1, 0.15) is 11.6 Å². The Morgan fingerprint density at radius 3 is 2.38 bits per heavy atom. The van der Waals surface area contributed by atoms with E-state index in [1.807, 2.05) is 0 Å². The average molecular weight is 344 g/mol. The van der Waals surface area contributed by atoms with Crippen LogP contribution >= 0.6 is 11.3 Å². The van der Waals surface area contributed by atoms with Crippen LogP contribution in [0.15, 0.2) is 12.2 Å². The van der Waals surface area contributed by atoms with Crippen molar-refractivity contribution < 1.29 is 14.4 Å². The van der Waals surface area contributed by atoms with Gasteiger partial charge in [-0.25, -0.2) is 0 Å². The summed E-state index contributed by atoms with van der Waals surface area (Å²) in [6, 6.07) is 0. The lowest BCUT2D eigenvalue weighted by atomic mass is 9.63. The highest BCUT2D eigenvalue weighted by molar-refractivity contribution is 7.15. The maximum atomic E-state index is 12.8. The Labute approximate surface area is 142 Å². The number of aromatic nitrogens is 2. The summed E-state index contributed by atoms with van der Waals surface area (Å²) in [4.78, 5) is 38.9. The molecule has 1 N–H and O–H groups in total. The molecule has 6 atom stereocenters. The van der Waals surface area contributed by atoms with Gasteiger partial charge < -0.3 is 0 Å². The molecule has 124 valence electrons. The van der Waals surface area contributed by atoms with E-state index in [0.29, 0.717) is 17.0 Å². The molecular formula is C16H16N4O3S. The predicted octanol–water partition coefficient (Wildman–Crippen LogP) is 0.838. The molecule has 0 unspecified atom stereocenters. The van der Waals surface area contributed by atoms with Crippen molar-refractivity contribution in [2.24, 2.45) is 35.5 Å². The van der Waals surface area contributed by atoms with Gasteiger partial charge >= 0.3 is 0 Å². The van der Waals surface area contributed by atoms with Crippen molar-refractivity contribution in [2.45, 2.75) is 13.3 Å². The third-order valence-corrected chi connectivity index (χ3v) is 6.58. The molecule has 5 aliphatic rings. The van der Waals surface area contributed by atoms with Gasteiger partial charge in [-0.1, -0.05) is 23.5 Å². The number of hydrogen-bond donors (Lipinski definition) is 1. The van der Waals surface area contributed by atoms with E-state index in [0.717, 1.165) is 16.3 Å². The zero-order valence-corrected chi connectivity index (χ0v) is 13.8. The van der Waals surface area contributed by atoms with Crippen LogP contribution in [-0.4, -0.2) is 39.4 Å². The van der Waals surface area contributed by atoms with E-state index < -0.39 is 5.91 Å². The molecular weight excluding hydrogens is 328 g/mol. The fourth-order valence-corrected chi connectivity index (χ4v) is 5.43. The number of likely N-dealkylation sites (tertiary alicyclic amines) is 1. The van der Waals surface area contributed by atoms with Crippen LogP contribution in [0.3, 0.4) is 0 Å². The zero-order chi connectivity index (χ0) is 16.6. The van der Waals surface area contributed by atoms with Crippen molar-refractivity contribution in [1.29, 1.82) is 0 Å². The van der Waals surface area contributed by atoms with Crippen LogP contribution in [0.25, 0.3) is 0 Å². The highest BCUT2D eigenvalue weighted by atomic mass is 32.1. The van der Waals surface area contributed by atoms with Gasteiger partial charge in [-0.2, -0.15) is 0 Å². The van der Waals surface area contributed by atoms with Crippen molar-refractivity contribution in [3.05, 3.63) is 17.2 Å². The minimum Gasteiger partial charge on any atom is -0.299 e. The van der Waals surface area contributed by atoms with Gasteiger partial charge in [-0.3, -0.25) is 24.6 Å². The van der Waals surface area contributed by atoms with Gasteiger partial charge in [0.2, 0.25) is 22.9 Å². The number of hydrogen-bond acceptors (Lipinski definition) is 6. The van der Waals surface area contributed by atoms with Gasteiger partial charge in [-0.05, 0) is 37.0 Å². The smallest absolute Gasteiger partial charge is 0.246 e. The second-order valence-electron chi connectivity index (χ2n) is 7.09. The summed E-state index contributed by atoms with van der Waals surface area (Å²) >= 11 is 1.26. The van der Waals surface area contributed by atoms with E-state index in [1.54, 1.807) is 6.92 Å². The number of anilines is 1. The number of rotatable bonds is 3. The van der Waals surface area contributed by atoms with Crippen molar-refractivity contribution in [1.82, 2.24) is 15.1 Å². The molecule has 1 saturated heterocycles. The molecule has 0 radical (unpaired) electrons. The highest BCUT2D eigenvalue weighted by Crippen LogP contribution is 2.65. The third-order valence-electron chi connectivity index (χ3n) is 5.83. The SMILES string of the molecule is Cc1nnc(NC(=O)CN2C(=O)[C@@H]3[C@H]4C=C[C@H]([C@H]5C[C@H]45)[C@@H]3C2=O)s1. The Bertz CT molecular complexity index is 767. The van der Waals surface area contributed by atoms with E-state index in [4.69, 9.17) is 0 Å². The number of allylic oxidation sites excluding steroid dienone is 2. The monoisotopic (exact) mass is 344 g/mol. The molecule has 1 aromatic rings. The highest BCUT2D eigenvalue weighted by Gasteiger charge is 2.67. The van der Waals surface area contributed by atoms with E-state index in [1.165, 1.54) is 11.3 Å². The van der Waals surface area contributed by atoms with E-state index in [-0.39, 0.29) is 42.0 Å². The summed E-state index contributed by atoms with van der Waals surface area (Å²) in [5, 5.41) is 11.4. The Balaban J connectivity index is 1.34. The fraction of sp³-hybridized carbons (Fsp3) is 0.562. The average Bonchev–Trinajstić information content (AvgIpc) is 3.24. The summed E-state index contributed by atoms with van der Waals surface area (Å²) < 4.78 is 0. The van der Waals surface area contributed by atoms with Crippen molar-refractivity contribution in [3.63, 3.8) is 0 Å². The lowest BCUT2D eigenvalue weighted by Crippen LogP contribution is -2.40. The summed E-state index contributed by atoms with van der Waals surface area (Å²) in [5.41, 5.74) is 0. The second kappa shape index (κ2) is 4.72. The quantitative estimate of drug-likeness (QED) is 0.648. The second-order valence-corrected chi connectivity index (χ2v) is 8.27. The predicted molar refractivity (Wildman–Crippen MR) is 84.7 cm³/mol. The molecule has 2 heterocycles. The molecule has 3 amide bonds. The van der Waals surface area contributed by atoms with Crippen LogP contribution in [0.2, 0.25) is 0 Å². The van der Waals surface area contributed by atoms with Gasteiger partial charge in [0.15, 0.2) is 0 Å². The summed E-state index contributed by atoms with van der Waals surface area (Å²) in [6.07, 6.45) is 5.38. The van der Waals surface area contributed by atoms with Gasteiger partial charge in [0.25, 0.3) is 0 Å². The van der Waals surface area contributed by atoms with Gasteiger partial charge in [-0.15, -0.1) is 10.2 Å². The molecule has 6 rings (SSSR count). The number of nitrogens with zero attached hydrogens (tertiary/aromatic N) is 3. The first-order valence-electron chi connectivity index (χ1n) is 8.18. The van der Waals surface area contributed by atoms with Crippen LogP contribution in [0.4, 0.5) is 5.13 Å². The summed E-state index contributed by atoms with van der Waals surface area (Å²) in [5.74, 6) is 0.210. The molecule has 2 saturated carbocycles. The van der Waals surface area contributed by atoms with Crippen LogP contribution in [0.5, 0.6) is 0 Å². The van der Waals surface area contributed by atoms with Crippen LogP contribution < -0.4 is 5.32 Å². The zero-order valence-electron chi connectivity index (χ0n) is 13.0. The normalized spacial score (nSPS) is 38.3. The Kier molecular flexibility index (Phi) is 2.81. The molecule has 2 bridgehead atoms. The lowest BCUT2D eigenvalue weighted by Gasteiger charge is -2.37. The minimum atomic E-state index is -0.406. The number of amides is 3. The minimum absolute atomic E-state index is 0.181. The molecule has 1 aliphatic heterocycles. The van der Waals surface area contributed by atoms with E-state index >= 15 is 0 Å². The van der Waals surface area contributed by atoms with E-state index in [9.17, 15) is 14.4 Å². The molecule has 4 aliphatic carbocycles. The number of nitrogens with one attached hydrogen (secondary N) is 1. The first-order chi connectivity index (χ1) is 11.5. The Hall–Kier alpha value is -2.09. The maximum absolute atomic E-state index is 12.8. The molecule has 3 fully saturated rings. The molecule has 0 spiro atoms. The van der Waals surface area contributed by atoms with Crippen LogP contribution in [0, 0.1) is 42.4 Å². The standard InChI is InChI=1S/C16H16N4O3S/c1-6-18-19-16(24-6)17-11(21)5-20-14(22)12-7-2-3-8(10-4-9(7)10)13(12)15(20)23/h2-3,7-10,12-13H,4-5H2,1H3,(H,17,19,21)/t7-,8+,9-,10-,12+,13-/m1/s1. The first kappa shape index (κ1) is 14.3. The number of carbonyl (C=O) groups is 3. The first-order valence-corrected chi connectivity index (χ1v) is 9.00. The largest absolute Gasteiger partial charge is 0.299 e. The Morgan fingerprint density at radius 1 is 1.21 bits per heavy atom. The summed E-state index contributed by atoms with van der Waals surface area (Å²) in [6.45, 7) is 1.55. The van der Waals surface area contributed by atoms with Crippen molar-refractivity contribution in [3.8, 4) is 0 Å². The molecule has 7 nitrogen and oxygen atoms in total. The van der Waals surface area contributed by atoms with Crippen molar-refractivity contribution in [2.75, 3.05) is 11.9 Å². The molecule has 8 heteroatoms. The molecule has 24 heavy (non-hydrogen) atoms. The summed E-state index contributed by atoms with van der Waals surface area (Å²) in [7, 11) is 0. The number of aryl methyl sites for hydroxylation is 1. The molecule has 1 aromatic heterocycles. The van der Waals surface area contributed by atoms with E-state index in [2.05, 4.69) is 27.7 Å². The van der Waals surface area contributed by atoms with Gasteiger partial charge in [0, 0.05) is 0 Å². The maximum Gasteiger partial charge on any atom is 0.246 e. The van der Waals surface area contributed by atoms with Crippen LogP contribution in [0.1, 0.15) is 11.4 Å².